The predicted molar refractivity (Wildman–Crippen MR) is 140 cm³/mol. The predicted octanol–water partition coefficient (Wildman–Crippen LogP) is 6.71. The van der Waals surface area contributed by atoms with Gasteiger partial charge in [-0.15, -0.1) is 11.3 Å². The Balaban J connectivity index is 1.77. The number of benzene rings is 1. The summed E-state index contributed by atoms with van der Waals surface area (Å²) in [5.74, 6) is -0.114. The summed E-state index contributed by atoms with van der Waals surface area (Å²) < 4.78 is 11.5. The molecule has 2 heterocycles. The van der Waals surface area contributed by atoms with Crippen molar-refractivity contribution in [2.45, 2.75) is 66.4 Å². The van der Waals surface area contributed by atoms with Crippen molar-refractivity contribution in [3.05, 3.63) is 73.2 Å². The fourth-order valence-electron chi connectivity index (χ4n) is 4.97. The average Bonchev–Trinajstić information content (AvgIpc) is 3.19. The number of dihydropyridines is 1. The van der Waals surface area contributed by atoms with Crippen LogP contribution in [0.15, 0.2) is 52.9 Å². The van der Waals surface area contributed by atoms with Crippen LogP contribution in [-0.4, -0.2) is 18.4 Å². The highest BCUT2D eigenvalue weighted by Gasteiger charge is 2.43. The van der Waals surface area contributed by atoms with Crippen molar-refractivity contribution in [3.8, 4) is 5.75 Å². The highest BCUT2D eigenvalue weighted by atomic mass is 35.5. The van der Waals surface area contributed by atoms with Crippen molar-refractivity contribution < 1.29 is 19.1 Å². The number of rotatable bonds is 7. The third kappa shape index (κ3) is 5.19. The van der Waals surface area contributed by atoms with E-state index in [1.54, 1.807) is 24.3 Å². The van der Waals surface area contributed by atoms with E-state index in [0.717, 1.165) is 39.6 Å². The molecule has 1 aliphatic heterocycles. The molecule has 0 saturated carbocycles. The summed E-state index contributed by atoms with van der Waals surface area (Å²) in [6.07, 6.45) is 2.03. The topological polar surface area (TPSA) is 64.6 Å². The minimum absolute atomic E-state index is 0.0864. The molecule has 186 valence electrons. The molecule has 1 N–H and O–H groups in total. The number of nitrogens with one attached hydrogen (secondary N) is 1. The number of Topliss-reactive ketones (excluding diaryl/α,β-unsaturated/α-hetero) is 1. The zero-order chi connectivity index (χ0) is 25.3. The van der Waals surface area contributed by atoms with Crippen molar-refractivity contribution in [1.82, 2.24) is 5.32 Å². The molecule has 7 heteroatoms. The summed E-state index contributed by atoms with van der Waals surface area (Å²) in [5, 5.41) is 3.95. The summed E-state index contributed by atoms with van der Waals surface area (Å²) in [4.78, 5) is 28.7. The van der Waals surface area contributed by atoms with Crippen LogP contribution >= 0.6 is 22.9 Å². The molecule has 1 unspecified atom stereocenters. The molecule has 0 saturated heterocycles. The molecule has 35 heavy (non-hydrogen) atoms. The number of aryl methyl sites for hydroxylation is 1. The summed E-state index contributed by atoms with van der Waals surface area (Å²) in [6.45, 7) is 10.6. The first-order chi connectivity index (χ1) is 16.6. The van der Waals surface area contributed by atoms with Crippen LogP contribution in [0.4, 0.5) is 0 Å². The van der Waals surface area contributed by atoms with E-state index in [4.69, 9.17) is 21.1 Å². The SMILES string of the molecule is CCOC(=O)C1=C(C)NC2=C(C(=O)CC(C)(C)C2)C1c1cc(COc2ccccc2Cl)c(CC)s1. The number of ether oxygens (including phenoxy) is 2. The van der Waals surface area contributed by atoms with Crippen molar-refractivity contribution in [3.63, 3.8) is 0 Å². The second kappa shape index (κ2) is 10.2. The molecule has 0 bridgehead atoms. The molecular weight excluding hydrogens is 482 g/mol. The number of carbonyl (C=O) groups is 2. The lowest BCUT2D eigenvalue weighted by molar-refractivity contribution is -0.138. The first-order valence-corrected chi connectivity index (χ1v) is 13.2. The van der Waals surface area contributed by atoms with Gasteiger partial charge in [0.25, 0.3) is 0 Å². The van der Waals surface area contributed by atoms with Gasteiger partial charge in [0.2, 0.25) is 0 Å². The normalized spacial score (nSPS) is 19.4. The smallest absolute Gasteiger partial charge is 0.336 e. The zero-order valence-corrected chi connectivity index (χ0v) is 22.5. The molecule has 0 fully saturated rings. The minimum Gasteiger partial charge on any atom is -0.487 e. The monoisotopic (exact) mass is 513 g/mol. The minimum atomic E-state index is -0.446. The van der Waals surface area contributed by atoms with E-state index in [0.29, 0.717) is 34.9 Å². The summed E-state index contributed by atoms with van der Waals surface area (Å²) in [5.41, 5.74) is 3.78. The van der Waals surface area contributed by atoms with Gasteiger partial charge >= 0.3 is 5.97 Å². The largest absolute Gasteiger partial charge is 0.487 e. The van der Waals surface area contributed by atoms with Crippen molar-refractivity contribution in [1.29, 1.82) is 0 Å². The van der Waals surface area contributed by atoms with Gasteiger partial charge in [-0.1, -0.05) is 44.5 Å². The second-order valence-corrected chi connectivity index (χ2v) is 11.4. The van der Waals surface area contributed by atoms with Crippen LogP contribution < -0.4 is 10.1 Å². The molecule has 1 aliphatic carbocycles. The van der Waals surface area contributed by atoms with Crippen LogP contribution in [0.2, 0.25) is 5.02 Å². The summed E-state index contributed by atoms with van der Waals surface area (Å²) in [7, 11) is 0. The molecule has 1 aromatic carbocycles. The van der Waals surface area contributed by atoms with Gasteiger partial charge in [-0.05, 0) is 50.3 Å². The molecular formula is C28H32ClNO4S. The lowest BCUT2D eigenvalue weighted by atomic mass is 9.70. The van der Waals surface area contributed by atoms with E-state index in [-0.39, 0.29) is 23.8 Å². The Kier molecular flexibility index (Phi) is 7.43. The lowest BCUT2D eigenvalue weighted by Gasteiger charge is -2.39. The first kappa shape index (κ1) is 25.5. The molecule has 2 aromatic rings. The molecule has 0 radical (unpaired) electrons. The Morgan fingerprint density at radius 1 is 1.23 bits per heavy atom. The summed E-state index contributed by atoms with van der Waals surface area (Å²) >= 11 is 7.91. The van der Waals surface area contributed by atoms with Crippen LogP contribution in [0.5, 0.6) is 5.75 Å². The lowest BCUT2D eigenvalue weighted by Crippen LogP contribution is -2.38. The van der Waals surface area contributed by atoms with E-state index in [1.165, 1.54) is 0 Å². The van der Waals surface area contributed by atoms with Crippen LogP contribution in [0.25, 0.3) is 0 Å². The van der Waals surface area contributed by atoms with E-state index in [1.807, 2.05) is 25.1 Å². The van der Waals surface area contributed by atoms with Gasteiger partial charge in [0.05, 0.1) is 23.1 Å². The van der Waals surface area contributed by atoms with Crippen LogP contribution in [0.3, 0.4) is 0 Å². The van der Waals surface area contributed by atoms with Crippen LogP contribution in [-0.2, 0) is 27.4 Å². The Morgan fingerprint density at radius 3 is 2.66 bits per heavy atom. The van der Waals surface area contributed by atoms with Gasteiger partial charge in [-0.2, -0.15) is 0 Å². The van der Waals surface area contributed by atoms with Crippen LogP contribution in [0, 0.1) is 5.41 Å². The third-order valence-corrected chi connectivity index (χ3v) is 8.17. The number of halogens is 1. The molecule has 0 amide bonds. The highest BCUT2D eigenvalue weighted by Crippen LogP contribution is 2.48. The van der Waals surface area contributed by atoms with Gasteiger partial charge in [-0.3, -0.25) is 4.79 Å². The molecule has 5 nitrogen and oxygen atoms in total. The van der Waals surface area contributed by atoms with Crippen molar-refractivity contribution in [2.75, 3.05) is 6.61 Å². The van der Waals surface area contributed by atoms with Gasteiger partial charge < -0.3 is 14.8 Å². The average molecular weight is 514 g/mol. The maximum Gasteiger partial charge on any atom is 0.336 e. The van der Waals surface area contributed by atoms with Gasteiger partial charge in [0, 0.05) is 38.7 Å². The van der Waals surface area contributed by atoms with Gasteiger partial charge in [-0.25, -0.2) is 4.79 Å². The maximum absolute atomic E-state index is 13.5. The Morgan fingerprint density at radius 2 is 1.97 bits per heavy atom. The maximum atomic E-state index is 13.5. The zero-order valence-electron chi connectivity index (χ0n) is 20.9. The number of para-hydroxylation sites is 1. The van der Waals surface area contributed by atoms with E-state index >= 15 is 0 Å². The van der Waals surface area contributed by atoms with Crippen molar-refractivity contribution >= 4 is 34.7 Å². The molecule has 2 aliphatic rings. The highest BCUT2D eigenvalue weighted by molar-refractivity contribution is 7.12. The number of hydrogen-bond acceptors (Lipinski definition) is 6. The van der Waals surface area contributed by atoms with E-state index in [2.05, 4.69) is 32.2 Å². The van der Waals surface area contributed by atoms with Gasteiger partial charge in [0.1, 0.15) is 12.4 Å². The Bertz CT molecular complexity index is 1220. The number of ketones is 1. The molecule has 0 spiro atoms. The molecule has 1 aromatic heterocycles. The van der Waals surface area contributed by atoms with E-state index in [9.17, 15) is 9.59 Å². The number of hydrogen-bond donors (Lipinski definition) is 1. The summed E-state index contributed by atoms with van der Waals surface area (Å²) in [6, 6.07) is 9.49. The third-order valence-electron chi connectivity index (χ3n) is 6.48. The Labute approximate surface area is 216 Å². The standard InChI is InChI=1S/C28H32ClNO4S/c1-6-22-17(15-34-21-11-9-8-10-18(21)29)12-23(35-22)26-24(27(32)33-7-2)16(3)30-19-13-28(4,5)14-20(31)25(19)26/h8-12,26,30H,6-7,13-15H2,1-5H3. The first-order valence-electron chi connectivity index (χ1n) is 12.0. The van der Waals surface area contributed by atoms with E-state index < -0.39 is 5.92 Å². The number of allylic oxidation sites excluding steroid dienone is 3. The molecule has 4 rings (SSSR count). The van der Waals surface area contributed by atoms with Crippen molar-refractivity contribution in [2.24, 2.45) is 5.41 Å². The quantitative estimate of drug-likeness (QED) is 0.417. The number of thiophene rings is 1. The fourth-order valence-corrected chi connectivity index (χ4v) is 6.39. The number of esters is 1. The Hall–Kier alpha value is -2.57. The van der Waals surface area contributed by atoms with Gasteiger partial charge in [0.15, 0.2) is 5.78 Å². The molecule has 1 atom stereocenters. The fraction of sp³-hybridized carbons (Fsp3) is 0.429. The van der Waals surface area contributed by atoms with Crippen LogP contribution in [0.1, 0.15) is 68.7 Å². The number of carbonyl (C=O) groups excluding carboxylic acids is 2. The second-order valence-electron chi connectivity index (χ2n) is 9.82.